The Hall–Kier alpha value is -2.07. The van der Waals surface area contributed by atoms with Crippen LogP contribution >= 0.6 is 11.6 Å². The van der Waals surface area contributed by atoms with Gasteiger partial charge in [0.25, 0.3) is 5.91 Å². The molecule has 2 heterocycles. The van der Waals surface area contributed by atoms with Crippen LogP contribution in [0.1, 0.15) is 27.9 Å². The van der Waals surface area contributed by atoms with Crippen molar-refractivity contribution in [2.24, 2.45) is 0 Å². The lowest BCUT2D eigenvalue weighted by atomic mass is 9.97. The van der Waals surface area contributed by atoms with Gasteiger partial charge in [-0.15, -0.1) is 0 Å². The van der Waals surface area contributed by atoms with Gasteiger partial charge in [0.1, 0.15) is 5.15 Å². The summed E-state index contributed by atoms with van der Waals surface area (Å²) in [6, 6.07) is 7.59. The van der Waals surface area contributed by atoms with Gasteiger partial charge in [0.05, 0.1) is 11.9 Å². The molecule has 1 aromatic carbocycles. The number of amides is 1. The third kappa shape index (κ3) is 2.85. The number of carbonyl (C=O) groups is 1. The van der Waals surface area contributed by atoms with Crippen molar-refractivity contribution in [3.63, 3.8) is 0 Å². The normalized spacial score (nSPS) is 13.2. The van der Waals surface area contributed by atoms with Crippen molar-refractivity contribution in [2.75, 3.05) is 17.2 Å². The molecule has 0 aliphatic carbocycles. The minimum atomic E-state index is -0.112. The van der Waals surface area contributed by atoms with Gasteiger partial charge in [0.2, 0.25) is 0 Å². The van der Waals surface area contributed by atoms with E-state index in [0.29, 0.717) is 16.4 Å². The van der Waals surface area contributed by atoms with E-state index < -0.39 is 0 Å². The number of hydrogen-bond acceptors (Lipinski definition) is 3. The van der Waals surface area contributed by atoms with Crippen molar-refractivity contribution in [3.8, 4) is 0 Å². The van der Waals surface area contributed by atoms with Crippen LogP contribution in [0.3, 0.4) is 0 Å². The molecule has 0 radical (unpaired) electrons. The zero-order valence-electron chi connectivity index (χ0n) is 11.7. The molecule has 0 fully saturated rings. The third-order valence-corrected chi connectivity index (χ3v) is 4.01. The minimum absolute atomic E-state index is 0.112. The molecule has 0 unspecified atom stereocenters. The second-order valence-corrected chi connectivity index (χ2v) is 5.51. The first kappa shape index (κ1) is 13.9. The SMILES string of the molecule is Cc1cc(NC(=O)c2cccc3c2CCCN3)cnc1Cl. The molecule has 3 rings (SSSR count). The van der Waals surface area contributed by atoms with E-state index in [2.05, 4.69) is 15.6 Å². The van der Waals surface area contributed by atoms with Crippen LogP contribution in [0.25, 0.3) is 0 Å². The maximum atomic E-state index is 12.5. The fourth-order valence-electron chi connectivity index (χ4n) is 2.55. The average molecular weight is 302 g/mol. The Morgan fingerprint density at radius 3 is 3.10 bits per heavy atom. The molecule has 21 heavy (non-hydrogen) atoms. The first-order valence-corrected chi connectivity index (χ1v) is 7.32. The lowest BCUT2D eigenvalue weighted by Crippen LogP contribution is -2.19. The second kappa shape index (κ2) is 5.74. The molecule has 0 saturated carbocycles. The van der Waals surface area contributed by atoms with Crippen molar-refractivity contribution in [1.29, 1.82) is 0 Å². The molecule has 5 heteroatoms. The van der Waals surface area contributed by atoms with Crippen LogP contribution in [-0.2, 0) is 6.42 Å². The van der Waals surface area contributed by atoms with Gasteiger partial charge in [-0.3, -0.25) is 4.79 Å². The third-order valence-electron chi connectivity index (χ3n) is 3.61. The van der Waals surface area contributed by atoms with Gasteiger partial charge < -0.3 is 10.6 Å². The summed E-state index contributed by atoms with van der Waals surface area (Å²) >= 11 is 5.90. The Morgan fingerprint density at radius 1 is 1.43 bits per heavy atom. The highest BCUT2D eigenvalue weighted by Gasteiger charge is 2.17. The molecule has 0 atom stereocenters. The molecule has 108 valence electrons. The highest BCUT2D eigenvalue weighted by molar-refractivity contribution is 6.30. The van der Waals surface area contributed by atoms with Crippen LogP contribution in [-0.4, -0.2) is 17.4 Å². The number of aromatic nitrogens is 1. The number of fused-ring (bicyclic) bond motifs is 1. The van der Waals surface area contributed by atoms with Gasteiger partial charge in [-0.25, -0.2) is 4.98 Å². The smallest absolute Gasteiger partial charge is 0.256 e. The molecule has 0 spiro atoms. The Morgan fingerprint density at radius 2 is 2.29 bits per heavy atom. The standard InChI is InChI=1S/C16H16ClN3O/c1-10-8-11(9-19-15(10)17)20-16(21)13-4-2-6-14-12(13)5-3-7-18-14/h2,4,6,8-9,18H,3,5,7H2,1H3,(H,20,21). The lowest BCUT2D eigenvalue weighted by Gasteiger charge is -2.20. The number of hydrogen-bond donors (Lipinski definition) is 2. The van der Waals surface area contributed by atoms with Gasteiger partial charge in [-0.1, -0.05) is 17.7 Å². The number of aryl methyl sites for hydroxylation is 1. The van der Waals surface area contributed by atoms with Crippen LogP contribution in [0.2, 0.25) is 5.15 Å². The van der Waals surface area contributed by atoms with Gasteiger partial charge >= 0.3 is 0 Å². The first-order chi connectivity index (χ1) is 10.1. The molecule has 1 aliphatic heterocycles. The lowest BCUT2D eigenvalue weighted by molar-refractivity contribution is 0.102. The second-order valence-electron chi connectivity index (χ2n) is 5.15. The van der Waals surface area contributed by atoms with E-state index in [4.69, 9.17) is 11.6 Å². The maximum Gasteiger partial charge on any atom is 0.256 e. The molecular weight excluding hydrogens is 286 g/mol. The van der Waals surface area contributed by atoms with Crippen molar-refractivity contribution in [3.05, 3.63) is 52.3 Å². The fourth-order valence-corrected chi connectivity index (χ4v) is 2.65. The summed E-state index contributed by atoms with van der Waals surface area (Å²) in [5.41, 5.74) is 4.35. The molecule has 4 nitrogen and oxygen atoms in total. The predicted octanol–water partition coefficient (Wildman–Crippen LogP) is 3.65. The number of pyridine rings is 1. The van der Waals surface area contributed by atoms with Crippen LogP contribution in [0.5, 0.6) is 0 Å². The summed E-state index contributed by atoms with van der Waals surface area (Å²) in [5.74, 6) is -0.112. The molecule has 2 N–H and O–H groups in total. The highest BCUT2D eigenvalue weighted by Crippen LogP contribution is 2.26. The van der Waals surface area contributed by atoms with Crippen LogP contribution in [0.4, 0.5) is 11.4 Å². The Balaban J connectivity index is 1.87. The molecule has 0 bridgehead atoms. The summed E-state index contributed by atoms with van der Waals surface area (Å²) in [6.45, 7) is 2.82. The highest BCUT2D eigenvalue weighted by atomic mass is 35.5. The van der Waals surface area contributed by atoms with Gasteiger partial charge in [-0.05, 0) is 49.1 Å². The number of anilines is 2. The number of rotatable bonds is 2. The van der Waals surface area contributed by atoms with E-state index in [0.717, 1.165) is 36.2 Å². The minimum Gasteiger partial charge on any atom is -0.385 e. The van der Waals surface area contributed by atoms with Gasteiger partial charge in [0.15, 0.2) is 0 Å². The van der Waals surface area contributed by atoms with E-state index in [1.54, 1.807) is 6.20 Å². The fraction of sp³-hybridized carbons (Fsp3) is 0.250. The van der Waals surface area contributed by atoms with E-state index in [1.165, 1.54) is 0 Å². The first-order valence-electron chi connectivity index (χ1n) is 6.94. The van der Waals surface area contributed by atoms with Gasteiger partial charge in [-0.2, -0.15) is 0 Å². The number of halogens is 1. The topological polar surface area (TPSA) is 54.0 Å². The van der Waals surface area contributed by atoms with Crippen molar-refractivity contribution in [1.82, 2.24) is 4.98 Å². The van der Waals surface area contributed by atoms with E-state index in [9.17, 15) is 4.79 Å². The van der Waals surface area contributed by atoms with Gasteiger partial charge in [0, 0.05) is 17.8 Å². The van der Waals surface area contributed by atoms with Crippen LogP contribution in [0, 0.1) is 6.92 Å². The Bertz CT molecular complexity index is 700. The summed E-state index contributed by atoms with van der Waals surface area (Å²) in [7, 11) is 0. The summed E-state index contributed by atoms with van der Waals surface area (Å²) < 4.78 is 0. The number of nitrogens with zero attached hydrogens (tertiary/aromatic N) is 1. The molecule has 0 saturated heterocycles. The van der Waals surface area contributed by atoms with Crippen LogP contribution < -0.4 is 10.6 Å². The largest absolute Gasteiger partial charge is 0.385 e. The molecule has 1 aromatic heterocycles. The van der Waals surface area contributed by atoms with Crippen molar-refractivity contribution >= 4 is 28.9 Å². The number of nitrogens with one attached hydrogen (secondary N) is 2. The molecular formula is C16H16ClN3O. The summed E-state index contributed by atoms with van der Waals surface area (Å²) in [5, 5.41) is 6.67. The molecule has 2 aromatic rings. The maximum absolute atomic E-state index is 12.5. The zero-order valence-corrected chi connectivity index (χ0v) is 12.5. The Labute approximate surface area is 128 Å². The van der Waals surface area contributed by atoms with E-state index in [-0.39, 0.29) is 5.91 Å². The molecule has 1 amide bonds. The number of benzene rings is 1. The van der Waals surface area contributed by atoms with E-state index >= 15 is 0 Å². The zero-order chi connectivity index (χ0) is 14.8. The Kier molecular flexibility index (Phi) is 3.80. The molecule has 1 aliphatic rings. The number of carbonyl (C=O) groups excluding carboxylic acids is 1. The quantitative estimate of drug-likeness (QED) is 0.832. The summed E-state index contributed by atoms with van der Waals surface area (Å²) in [4.78, 5) is 16.5. The van der Waals surface area contributed by atoms with E-state index in [1.807, 2.05) is 31.2 Å². The van der Waals surface area contributed by atoms with Crippen molar-refractivity contribution < 1.29 is 4.79 Å². The summed E-state index contributed by atoms with van der Waals surface area (Å²) in [6.07, 6.45) is 3.53. The average Bonchev–Trinajstić information content (AvgIpc) is 2.50. The van der Waals surface area contributed by atoms with Crippen molar-refractivity contribution in [2.45, 2.75) is 19.8 Å². The van der Waals surface area contributed by atoms with Crippen LogP contribution in [0.15, 0.2) is 30.5 Å². The predicted molar refractivity (Wildman–Crippen MR) is 85.2 cm³/mol. The monoisotopic (exact) mass is 301 g/mol.